The minimum atomic E-state index is -0.329. The van der Waals surface area contributed by atoms with Crippen LogP contribution in [0.15, 0.2) is 18.2 Å². The van der Waals surface area contributed by atoms with Crippen LogP contribution < -0.4 is 10.6 Å². The number of hydrogen-bond acceptors (Lipinski definition) is 3. The van der Waals surface area contributed by atoms with E-state index in [1.807, 2.05) is 0 Å². The van der Waals surface area contributed by atoms with Crippen molar-refractivity contribution in [3.8, 4) is 0 Å². The highest BCUT2D eigenvalue weighted by Crippen LogP contribution is 2.23. The monoisotopic (exact) mass is 176 g/mol. The maximum atomic E-state index is 11.3. The average Bonchev–Trinajstić information content (AvgIpc) is 2.43. The van der Waals surface area contributed by atoms with Crippen molar-refractivity contribution in [2.24, 2.45) is 0 Å². The van der Waals surface area contributed by atoms with Gasteiger partial charge in [-0.15, -0.1) is 0 Å². The third-order valence-electron chi connectivity index (χ3n) is 2.03. The molecule has 4 nitrogen and oxygen atoms in total. The highest BCUT2D eigenvalue weighted by Gasteiger charge is 2.28. The lowest BCUT2D eigenvalue weighted by Gasteiger charge is -2.02. The Morgan fingerprint density at radius 1 is 1.23 bits per heavy atom. The largest absolute Gasteiger partial charge is 0.387 e. The second-order valence-corrected chi connectivity index (χ2v) is 2.76. The van der Waals surface area contributed by atoms with E-state index >= 15 is 0 Å². The number of benzene rings is 1. The molecular weight excluding hydrogens is 168 g/mol. The first-order valence-electron chi connectivity index (χ1n) is 3.90. The summed E-state index contributed by atoms with van der Waals surface area (Å²) in [4.78, 5) is 22.5. The number of rotatable bonds is 1. The van der Waals surface area contributed by atoms with Gasteiger partial charge in [0.25, 0.3) is 11.8 Å². The van der Waals surface area contributed by atoms with Crippen LogP contribution in [0.5, 0.6) is 0 Å². The second-order valence-electron chi connectivity index (χ2n) is 2.76. The number of imide groups is 1. The number of carbonyl (C=O) groups excluding carboxylic acids is 2. The average molecular weight is 176 g/mol. The van der Waals surface area contributed by atoms with Gasteiger partial charge < -0.3 is 5.32 Å². The summed E-state index contributed by atoms with van der Waals surface area (Å²) >= 11 is 0. The zero-order chi connectivity index (χ0) is 9.42. The van der Waals surface area contributed by atoms with E-state index in [0.717, 1.165) is 0 Å². The zero-order valence-electron chi connectivity index (χ0n) is 7.05. The Bertz CT molecular complexity index is 399. The standard InChI is InChI=1S/C9H8N2O2/c1-10-6-4-2-3-5-7(6)9(13)11-8(5)12/h2-4,10H,1H3,(H,11,12,13). The summed E-state index contributed by atoms with van der Waals surface area (Å²) < 4.78 is 0. The van der Waals surface area contributed by atoms with Crippen LogP contribution in [-0.4, -0.2) is 18.9 Å². The molecule has 0 atom stereocenters. The molecule has 0 aliphatic carbocycles. The molecule has 0 aromatic heterocycles. The Hall–Kier alpha value is -1.84. The molecule has 1 aliphatic heterocycles. The van der Waals surface area contributed by atoms with Crippen molar-refractivity contribution < 1.29 is 9.59 Å². The molecule has 1 aromatic carbocycles. The van der Waals surface area contributed by atoms with Crippen LogP contribution in [0.25, 0.3) is 0 Å². The predicted molar refractivity (Wildman–Crippen MR) is 47.8 cm³/mol. The molecule has 2 amide bonds. The van der Waals surface area contributed by atoms with Crippen LogP contribution in [0.1, 0.15) is 20.7 Å². The van der Waals surface area contributed by atoms with Gasteiger partial charge in [-0.05, 0) is 12.1 Å². The van der Waals surface area contributed by atoms with E-state index in [-0.39, 0.29) is 11.8 Å². The van der Waals surface area contributed by atoms with Crippen molar-refractivity contribution >= 4 is 17.5 Å². The summed E-state index contributed by atoms with van der Waals surface area (Å²) in [7, 11) is 1.71. The third kappa shape index (κ3) is 0.989. The minimum absolute atomic E-state index is 0.322. The Kier molecular flexibility index (Phi) is 1.55. The summed E-state index contributed by atoms with van der Waals surface area (Å²) in [6.45, 7) is 0. The van der Waals surface area contributed by atoms with Crippen LogP contribution >= 0.6 is 0 Å². The molecule has 0 saturated carbocycles. The first-order chi connectivity index (χ1) is 6.24. The number of carbonyl (C=O) groups is 2. The maximum absolute atomic E-state index is 11.3. The van der Waals surface area contributed by atoms with Gasteiger partial charge in [-0.2, -0.15) is 0 Å². The van der Waals surface area contributed by atoms with E-state index in [0.29, 0.717) is 16.8 Å². The quantitative estimate of drug-likeness (QED) is 0.616. The summed E-state index contributed by atoms with van der Waals surface area (Å²) in [5.41, 5.74) is 1.56. The van der Waals surface area contributed by atoms with E-state index in [1.165, 1.54) is 0 Å². The van der Waals surface area contributed by atoms with Crippen molar-refractivity contribution in [1.29, 1.82) is 0 Å². The van der Waals surface area contributed by atoms with E-state index in [4.69, 9.17) is 0 Å². The van der Waals surface area contributed by atoms with Crippen molar-refractivity contribution in [1.82, 2.24) is 5.32 Å². The smallest absolute Gasteiger partial charge is 0.261 e. The van der Waals surface area contributed by atoms with Crippen LogP contribution in [0.2, 0.25) is 0 Å². The molecule has 2 N–H and O–H groups in total. The molecule has 0 saturated heterocycles. The number of amides is 2. The molecule has 0 unspecified atom stereocenters. The number of fused-ring (bicyclic) bond motifs is 1. The fraction of sp³-hybridized carbons (Fsp3) is 0.111. The first-order valence-corrected chi connectivity index (χ1v) is 3.90. The molecule has 66 valence electrons. The van der Waals surface area contributed by atoms with Crippen molar-refractivity contribution in [2.75, 3.05) is 12.4 Å². The molecular formula is C9H8N2O2. The van der Waals surface area contributed by atoms with Gasteiger partial charge in [0.2, 0.25) is 0 Å². The number of anilines is 1. The molecule has 0 bridgehead atoms. The van der Waals surface area contributed by atoms with E-state index in [9.17, 15) is 9.59 Å². The number of nitrogens with one attached hydrogen (secondary N) is 2. The van der Waals surface area contributed by atoms with Crippen molar-refractivity contribution in [3.63, 3.8) is 0 Å². The van der Waals surface area contributed by atoms with Crippen molar-refractivity contribution in [2.45, 2.75) is 0 Å². The molecule has 1 aliphatic rings. The van der Waals surface area contributed by atoms with E-state index in [1.54, 1.807) is 25.2 Å². The summed E-state index contributed by atoms with van der Waals surface area (Å²) in [6.07, 6.45) is 0. The normalized spacial score (nSPS) is 13.9. The van der Waals surface area contributed by atoms with Gasteiger partial charge >= 0.3 is 0 Å². The van der Waals surface area contributed by atoms with Crippen LogP contribution in [0, 0.1) is 0 Å². The molecule has 2 rings (SSSR count). The lowest BCUT2D eigenvalue weighted by molar-refractivity contribution is 0.0880. The Morgan fingerprint density at radius 3 is 2.69 bits per heavy atom. The fourth-order valence-electron chi connectivity index (χ4n) is 1.43. The third-order valence-corrected chi connectivity index (χ3v) is 2.03. The van der Waals surface area contributed by atoms with Gasteiger partial charge in [0.15, 0.2) is 0 Å². The van der Waals surface area contributed by atoms with Gasteiger partial charge in [-0.25, -0.2) is 0 Å². The van der Waals surface area contributed by atoms with Gasteiger partial charge in [0, 0.05) is 12.7 Å². The van der Waals surface area contributed by atoms with E-state index in [2.05, 4.69) is 10.6 Å². The molecule has 13 heavy (non-hydrogen) atoms. The molecule has 4 heteroatoms. The molecule has 1 heterocycles. The highest BCUT2D eigenvalue weighted by atomic mass is 16.2. The number of hydrogen-bond donors (Lipinski definition) is 2. The first kappa shape index (κ1) is 7.79. The van der Waals surface area contributed by atoms with Crippen LogP contribution in [-0.2, 0) is 0 Å². The SMILES string of the molecule is CNc1cccc2c1C(=O)NC2=O. The van der Waals surface area contributed by atoms with Gasteiger partial charge in [0.05, 0.1) is 11.1 Å². The zero-order valence-corrected chi connectivity index (χ0v) is 7.05. The molecule has 0 fully saturated rings. The Morgan fingerprint density at radius 2 is 2.00 bits per heavy atom. The predicted octanol–water partition coefficient (Wildman–Crippen LogP) is 0.612. The summed E-state index contributed by atoms with van der Waals surface area (Å²) in [6, 6.07) is 5.14. The Balaban J connectivity index is 2.69. The van der Waals surface area contributed by atoms with Crippen LogP contribution in [0.4, 0.5) is 5.69 Å². The summed E-state index contributed by atoms with van der Waals surface area (Å²) in [5, 5.41) is 5.10. The van der Waals surface area contributed by atoms with E-state index < -0.39 is 0 Å². The van der Waals surface area contributed by atoms with Gasteiger partial charge in [-0.1, -0.05) is 6.07 Å². The van der Waals surface area contributed by atoms with Crippen LogP contribution in [0.3, 0.4) is 0 Å². The Labute approximate surface area is 74.9 Å². The summed E-state index contributed by atoms with van der Waals surface area (Å²) in [5.74, 6) is -0.651. The van der Waals surface area contributed by atoms with Crippen molar-refractivity contribution in [3.05, 3.63) is 29.3 Å². The second kappa shape index (κ2) is 2.58. The molecule has 0 radical (unpaired) electrons. The molecule has 0 spiro atoms. The topological polar surface area (TPSA) is 58.2 Å². The lowest BCUT2D eigenvalue weighted by Crippen LogP contribution is -2.20. The highest BCUT2D eigenvalue weighted by molar-refractivity contribution is 6.23. The maximum Gasteiger partial charge on any atom is 0.261 e. The fourth-order valence-corrected chi connectivity index (χ4v) is 1.43. The van der Waals surface area contributed by atoms with Gasteiger partial charge in [0.1, 0.15) is 0 Å². The molecule has 1 aromatic rings. The lowest BCUT2D eigenvalue weighted by atomic mass is 10.1. The minimum Gasteiger partial charge on any atom is -0.387 e. The van der Waals surface area contributed by atoms with Gasteiger partial charge in [-0.3, -0.25) is 14.9 Å².